The minimum absolute atomic E-state index is 0. The van der Waals surface area contributed by atoms with E-state index in [2.05, 4.69) is 25.5 Å². The van der Waals surface area contributed by atoms with E-state index in [9.17, 15) is 4.79 Å². The molecule has 2 saturated carbocycles. The van der Waals surface area contributed by atoms with Gasteiger partial charge in [-0.15, -0.1) is 24.8 Å². The van der Waals surface area contributed by atoms with Gasteiger partial charge >= 0.3 is 0 Å². The Morgan fingerprint density at radius 1 is 1.00 bits per heavy atom. The van der Waals surface area contributed by atoms with E-state index in [0.29, 0.717) is 54.0 Å². The van der Waals surface area contributed by atoms with E-state index >= 15 is 0 Å². The lowest BCUT2D eigenvalue weighted by Crippen LogP contribution is -2.33. The van der Waals surface area contributed by atoms with E-state index < -0.39 is 0 Å². The van der Waals surface area contributed by atoms with Crippen molar-refractivity contribution in [2.75, 3.05) is 37.9 Å². The number of imidazole rings is 1. The fourth-order valence-electron chi connectivity index (χ4n) is 5.44. The predicted octanol–water partition coefficient (Wildman–Crippen LogP) is 4.33. The summed E-state index contributed by atoms with van der Waals surface area (Å²) in [5.41, 5.74) is 8.19. The topological polar surface area (TPSA) is 141 Å². The Labute approximate surface area is 247 Å². The van der Waals surface area contributed by atoms with Gasteiger partial charge in [0.2, 0.25) is 5.95 Å². The molecular formula is C27H40Cl2N8O3. The lowest BCUT2D eigenvalue weighted by Gasteiger charge is -2.27. The van der Waals surface area contributed by atoms with Gasteiger partial charge < -0.3 is 35.7 Å². The molecule has 2 aromatic heterocycles. The first-order valence-electron chi connectivity index (χ1n) is 13.6. The van der Waals surface area contributed by atoms with Gasteiger partial charge in [-0.1, -0.05) is 12.8 Å². The van der Waals surface area contributed by atoms with Gasteiger partial charge in [0.25, 0.3) is 5.91 Å². The Morgan fingerprint density at radius 2 is 1.73 bits per heavy atom. The smallest absolute Gasteiger partial charge is 0.251 e. The standard InChI is InChI=1S/C27H38N8O3.2ClH/c1-37-21-12-7-17(15-22(21)38-2)26(36)30-14-13-29-24-23-25(35(16-31-23)20-5-3-4-6-20)34-27(33-24)32-19-10-8-18(28)9-11-19;;/h7,12,15-16,18-20H,3-6,8-11,13-14,28H2,1-2H3,(H,30,36)(H2,29,32,33,34);2*1H. The van der Waals surface area contributed by atoms with E-state index in [1.54, 1.807) is 32.4 Å². The van der Waals surface area contributed by atoms with Crippen LogP contribution in [0.3, 0.4) is 0 Å². The van der Waals surface area contributed by atoms with Gasteiger partial charge in [0.05, 0.1) is 20.5 Å². The van der Waals surface area contributed by atoms with E-state index in [1.807, 2.05) is 6.33 Å². The number of anilines is 2. The van der Waals surface area contributed by atoms with E-state index in [-0.39, 0.29) is 36.8 Å². The number of hydrogen-bond acceptors (Lipinski definition) is 9. The van der Waals surface area contributed by atoms with Crippen molar-refractivity contribution in [3.8, 4) is 11.5 Å². The zero-order valence-electron chi connectivity index (χ0n) is 23.0. The van der Waals surface area contributed by atoms with Crippen LogP contribution in [0.15, 0.2) is 24.5 Å². The summed E-state index contributed by atoms with van der Waals surface area (Å²) < 4.78 is 12.8. The van der Waals surface area contributed by atoms with Crippen molar-refractivity contribution in [2.45, 2.75) is 69.5 Å². The number of methoxy groups -OCH3 is 2. The molecule has 0 spiro atoms. The number of carbonyl (C=O) groups is 1. The number of nitrogens with zero attached hydrogens (tertiary/aromatic N) is 4. The number of ether oxygens (including phenoxy) is 2. The van der Waals surface area contributed by atoms with Crippen LogP contribution in [-0.2, 0) is 0 Å². The lowest BCUT2D eigenvalue weighted by atomic mass is 9.92. The van der Waals surface area contributed by atoms with Crippen LogP contribution in [0.25, 0.3) is 11.2 Å². The van der Waals surface area contributed by atoms with E-state index in [4.69, 9.17) is 25.2 Å². The van der Waals surface area contributed by atoms with Crippen molar-refractivity contribution in [3.05, 3.63) is 30.1 Å². The molecule has 0 bridgehead atoms. The average molecular weight is 596 g/mol. The third-order valence-electron chi connectivity index (χ3n) is 7.59. The fraction of sp³-hybridized carbons (Fsp3) is 0.556. The maximum atomic E-state index is 12.7. The van der Waals surface area contributed by atoms with Crippen molar-refractivity contribution in [1.29, 1.82) is 0 Å². The molecule has 13 heteroatoms. The second-order valence-corrected chi connectivity index (χ2v) is 10.2. The van der Waals surface area contributed by atoms with Crippen molar-refractivity contribution in [3.63, 3.8) is 0 Å². The summed E-state index contributed by atoms with van der Waals surface area (Å²) in [6.07, 6.45) is 10.7. The van der Waals surface area contributed by atoms with Crippen LogP contribution in [0.2, 0.25) is 0 Å². The molecule has 0 atom stereocenters. The Kier molecular flexibility index (Phi) is 11.5. The Morgan fingerprint density at radius 3 is 2.42 bits per heavy atom. The summed E-state index contributed by atoms with van der Waals surface area (Å²) in [6.45, 7) is 0.893. The van der Waals surface area contributed by atoms with Gasteiger partial charge in [0, 0.05) is 36.8 Å². The summed E-state index contributed by atoms with van der Waals surface area (Å²) in [6, 6.07) is 6.11. The van der Waals surface area contributed by atoms with Crippen LogP contribution in [0.4, 0.5) is 11.8 Å². The molecule has 2 aliphatic carbocycles. The summed E-state index contributed by atoms with van der Waals surface area (Å²) in [5, 5.41) is 9.86. The van der Waals surface area contributed by atoms with Crippen LogP contribution in [-0.4, -0.2) is 64.8 Å². The van der Waals surface area contributed by atoms with Gasteiger partial charge in [-0.25, -0.2) is 4.98 Å². The average Bonchev–Trinajstić information content (AvgIpc) is 3.62. The molecule has 2 heterocycles. The highest BCUT2D eigenvalue weighted by Gasteiger charge is 2.24. The predicted molar refractivity (Wildman–Crippen MR) is 162 cm³/mol. The molecule has 0 aliphatic heterocycles. The Hall–Kier alpha value is -3.02. The minimum Gasteiger partial charge on any atom is -0.493 e. The first kappa shape index (κ1) is 31.5. The molecule has 1 aromatic carbocycles. The lowest BCUT2D eigenvalue weighted by molar-refractivity contribution is 0.0954. The molecule has 220 valence electrons. The molecule has 11 nitrogen and oxygen atoms in total. The molecule has 0 saturated heterocycles. The molecule has 3 aromatic rings. The number of nitrogens with two attached hydrogens (primary N) is 1. The van der Waals surface area contributed by atoms with Crippen molar-refractivity contribution in [2.24, 2.45) is 5.73 Å². The number of halogens is 2. The van der Waals surface area contributed by atoms with Gasteiger partial charge in [-0.3, -0.25) is 4.79 Å². The second kappa shape index (κ2) is 14.6. The Bertz CT molecular complexity index is 1260. The van der Waals surface area contributed by atoms with Crippen LogP contribution in [0.1, 0.15) is 67.8 Å². The van der Waals surface area contributed by atoms with Crippen molar-refractivity contribution >= 4 is 53.7 Å². The summed E-state index contributed by atoms with van der Waals surface area (Å²) in [5.74, 6) is 2.18. The number of benzene rings is 1. The zero-order chi connectivity index (χ0) is 26.5. The molecule has 2 fully saturated rings. The molecule has 40 heavy (non-hydrogen) atoms. The summed E-state index contributed by atoms with van der Waals surface area (Å²) >= 11 is 0. The van der Waals surface area contributed by atoms with Gasteiger partial charge in [0.1, 0.15) is 0 Å². The van der Waals surface area contributed by atoms with Gasteiger partial charge in [-0.05, 0) is 56.7 Å². The van der Waals surface area contributed by atoms with Crippen molar-refractivity contribution < 1.29 is 14.3 Å². The number of rotatable bonds is 10. The van der Waals surface area contributed by atoms with Crippen LogP contribution < -0.4 is 31.2 Å². The fourth-order valence-corrected chi connectivity index (χ4v) is 5.44. The number of hydrogen-bond donors (Lipinski definition) is 4. The SMILES string of the molecule is COc1ccc(C(=O)NCCNc2nc(NC3CCC(N)CC3)nc3c2ncn3C2CCCC2)cc1OC.Cl.Cl. The maximum Gasteiger partial charge on any atom is 0.251 e. The van der Waals surface area contributed by atoms with Crippen LogP contribution >= 0.6 is 24.8 Å². The third-order valence-corrected chi connectivity index (χ3v) is 7.59. The van der Waals surface area contributed by atoms with Crippen LogP contribution in [0.5, 0.6) is 11.5 Å². The molecule has 5 rings (SSSR count). The van der Waals surface area contributed by atoms with E-state index in [0.717, 1.165) is 49.7 Å². The highest BCUT2D eigenvalue weighted by molar-refractivity contribution is 5.95. The maximum absolute atomic E-state index is 12.7. The molecular weight excluding hydrogens is 555 g/mol. The number of amides is 1. The second-order valence-electron chi connectivity index (χ2n) is 10.2. The monoisotopic (exact) mass is 594 g/mol. The first-order valence-corrected chi connectivity index (χ1v) is 13.6. The van der Waals surface area contributed by atoms with Gasteiger partial charge in [0.15, 0.2) is 28.5 Å². The summed E-state index contributed by atoms with van der Waals surface area (Å²) in [4.78, 5) is 27.0. The number of fused-ring (bicyclic) bond motifs is 1. The van der Waals surface area contributed by atoms with E-state index in [1.165, 1.54) is 12.8 Å². The van der Waals surface area contributed by atoms with Gasteiger partial charge in [-0.2, -0.15) is 9.97 Å². The quantitative estimate of drug-likeness (QED) is 0.252. The molecule has 1 amide bonds. The highest BCUT2D eigenvalue weighted by Crippen LogP contribution is 2.33. The molecule has 0 radical (unpaired) electrons. The number of nitrogens with one attached hydrogen (secondary N) is 3. The minimum atomic E-state index is -0.191. The number of carbonyl (C=O) groups excluding carboxylic acids is 1. The highest BCUT2D eigenvalue weighted by atomic mass is 35.5. The number of aromatic nitrogens is 4. The normalized spacial score (nSPS) is 18.9. The molecule has 2 aliphatic rings. The molecule has 5 N–H and O–H groups in total. The first-order chi connectivity index (χ1) is 18.6. The largest absolute Gasteiger partial charge is 0.493 e. The Balaban J connectivity index is 0.00000220. The van der Waals surface area contributed by atoms with Crippen molar-refractivity contribution in [1.82, 2.24) is 24.8 Å². The zero-order valence-corrected chi connectivity index (χ0v) is 24.7. The van der Waals surface area contributed by atoms with Crippen LogP contribution in [0, 0.1) is 0 Å². The third kappa shape index (κ3) is 7.18. The molecule has 0 unspecified atom stereocenters. The summed E-state index contributed by atoms with van der Waals surface area (Å²) in [7, 11) is 3.11.